The summed E-state index contributed by atoms with van der Waals surface area (Å²) in [5.74, 6) is 2.12. The second-order valence-corrected chi connectivity index (χ2v) is 6.03. The summed E-state index contributed by atoms with van der Waals surface area (Å²) in [5.41, 5.74) is 1.08. The largest absolute Gasteiger partial charge is 0.496 e. The Hall–Kier alpha value is -2.37. The van der Waals surface area contributed by atoms with Crippen LogP contribution in [-0.2, 0) is 6.42 Å². The maximum atomic E-state index is 5.34. The smallest absolute Gasteiger partial charge is 0.244 e. The van der Waals surface area contributed by atoms with Gasteiger partial charge >= 0.3 is 0 Å². The standard InChI is InChI=1S/C16H23N5O/c1-16(2,3)20-14-11-18-21-15(19-14)17-10-9-12-7-5-6-8-13(12)22-4/h5-8,11H,9-10H2,1-4H3,(H2,17,19,20,21). The van der Waals surface area contributed by atoms with Crippen LogP contribution >= 0.6 is 0 Å². The van der Waals surface area contributed by atoms with Crippen molar-refractivity contribution in [2.45, 2.75) is 32.7 Å². The molecule has 0 saturated carbocycles. The molecule has 0 aliphatic rings. The van der Waals surface area contributed by atoms with Gasteiger partial charge in [0.2, 0.25) is 5.95 Å². The number of ether oxygens (including phenoxy) is 1. The van der Waals surface area contributed by atoms with Crippen molar-refractivity contribution in [3.05, 3.63) is 36.0 Å². The number of benzene rings is 1. The molecule has 0 saturated heterocycles. The van der Waals surface area contributed by atoms with Gasteiger partial charge in [-0.1, -0.05) is 18.2 Å². The van der Waals surface area contributed by atoms with Crippen LogP contribution in [0, 0.1) is 0 Å². The van der Waals surface area contributed by atoms with E-state index < -0.39 is 0 Å². The Morgan fingerprint density at radius 1 is 1.18 bits per heavy atom. The van der Waals surface area contributed by atoms with Crippen molar-refractivity contribution >= 4 is 11.8 Å². The van der Waals surface area contributed by atoms with Crippen LogP contribution in [0.1, 0.15) is 26.3 Å². The highest BCUT2D eigenvalue weighted by molar-refractivity contribution is 5.39. The minimum Gasteiger partial charge on any atom is -0.496 e. The second kappa shape index (κ2) is 7.06. The molecule has 2 rings (SSSR count). The number of nitrogens with zero attached hydrogens (tertiary/aromatic N) is 3. The lowest BCUT2D eigenvalue weighted by Crippen LogP contribution is -2.27. The van der Waals surface area contributed by atoms with Gasteiger partial charge in [-0.25, -0.2) is 0 Å². The van der Waals surface area contributed by atoms with Gasteiger partial charge in [-0.3, -0.25) is 0 Å². The lowest BCUT2D eigenvalue weighted by molar-refractivity contribution is 0.410. The van der Waals surface area contributed by atoms with Gasteiger partial charge in [-0.05, 0) is 38.8 Å². The highest BCUT2D eigenvalue weighted by Crippen LogP contribution is 2.17. The zero-order valence-corrected chi connectivity index (χ0v) is 13.6. The maximum Gasteiger partial charge on any atom is 0.244 e. The van der Waals surface area contributed by atoms with Crippen LogP contribution in [0.4, 0.5) is 11.8 Å². The minimum absolute atomic E-state index is 0.0648. The summed E-state index contributed by atoms with van der Waals surface area (Å²) in [6.45, 7) is 6.93. The van der Waals surface area contributed by atoms with Crippen LogP contribution in [0.15, 0.2) is 30.5 Å². The quantitative estimate of drug-likeness (QED) is 0.855. The fourth-order valence-corrected chi connectivity index (χ4v) is 2.04. The molecular formula is C16H23N5O. The molecule has 1 heterocycles. The van der Waals surface area contributed by atoms with Gasteiger partial charge in [0, 0.05) is 12.1 Å². The predicted molar refractivity (Wildman–Crippen MR) is 88.4 cm³/mol. The number of hydrogen-bond donors (Lipinski definition) is 2. The van der Waals surface area contributed by atoms with Crippen LogP contribution in [0.5, 0.6) is 5.75 Å². The van der Waals surface area contributed by atoms with E-state index in [0.29, 0.717) is 18.3 Å². The third kappa shape index (κ3) is 4.87. The fraction of sp³-hybridized carbons (Fsp3) is 0.438. The normalized spacial score (nSPS) is 11.1. The first-order valence-electron chi connectivity index (χ1n) is 7.31. The van der Waals surface area contributed by atoms with Crippen molar-refractivity contribution in [1.29, 1.82) is 0 Å². The van der Waals surface area contributed by atoms with Crippen LogP contribution in [-0.4, -0.2) is 34.4 Å². The van der Waals surface area contributed by atoms with Gasteiger partial charge in [-0.15, -0.1) is 5.10 Å². The maximum absolute atomic E-state index is 5.34. The van der Waals surface area contributed by atoms with Gasteiger partial charge in [0.25, 0.3) is 0 Å². The van der Waals surface area contributed by atoms with E-state index in [0.717, 1.165) is 17.7 Å². The summed E-state index contributed by atoms with van der Waals surface area (Å²) in [6, 6.07) is 7.98. The Labute approximate surface area is 131 Å². The number of methoxy groups -OCH3 is 1. The molecule has 0 atom stereocenters. The molecule has 0 aliphatic carbocycles. The van der Waals surface area contributed by atoms with Crippen LogP contribution in [0.25, 0.3) is 0 Å². The van der Waals surface area contributed by atoms with Gasteiger partial charge < -0.3 is 15.4 Å². The molecule has 0 radical (unpaired) electrons. The van der Waals surface area contributed by atoms with Crippen LogP contribution in [0.2, 0.25) is 0 Å². The molecule has 0 spiro atoms. The predicted octanol–water partition coefficient (Wildman–Crippen LogP) is 2.75. The third-order valence-corrected chi connectivity index (χ3v) is 2.93. The van der Waals surface area contributed by atoms with E-state index in [-0.39, 0.29) is 5.54 Å². The fourth-order valence-electron chi connectivity index (χ4n) is 2.04. The molecule has 0 bridgehead atoms. The molecule has 6 heteroatoms. The zero-order chi connectivity index (χ0) is 16.0. The Bertz CT molecular complexity index is 609. The molecule has 2 N–H and O–H groups in total. The average molecular weight is 301 g/mol. The first-order valence-corrected chi connectivity index (χ1v) is 7.31. The lowest BCUT2D eigenvalue weighted by Gasteiger charge is -2.20. The Kier molecular flexibility index (Phi) is 5.14. The molecule has 0 amide bonds. The molecular weight excluding hydrogens is 278 g/mol. The molecule has 0 fully saturated rings. The Balaban J connectivity index is 1.93. The van der Waals surface area contributed by atoms with Crippen molar-refractivity contribution in [2.24, 2.45) is 0 Å². The molecule has 118 valence electrons. The lowest BCUT2D eigenvalue weighted by atomic mass is 10.1. The van der Waals surface area contributed by atoms with Gasteiger partial charge in [-0.2, -0.15) is 10.1 Å². The van der Waals surface area contributed by atoms with E-state index in [4.69, 9.17) is 4.74 Å². The summed E-state index contributed by atoms with van der Waals surface area (Å²) >= 11 is 0. The monoisotopic (exact) mass is 301 g/mol. The van der Waals surface area contributed by atoms with Gasteiger partial charge in [0.1, 0.15) is 5.75 Å². The number of hydrogen-bond acceptors (Lipinski definition) is 6. The van der Waals surface area contributed by atoms with Crippen molar-refractivity contribution in [1.82, 2.24) is 15.2 Å². The third-order valence-electron chi connectivity index (χ3n) is 2.93. The molecule has 0 aliphatic heterocycles. The number of para-hydroxylation sites is 1. The Morgan fingerprint density at radius 3 is 2.68 bits per heavy atom. The number of nitrogens with one attached hydrogen (secondary N) is 2. The Morgan fingerprint density at radius 2 is 1.95 bits per heavy atom. The van der Waals surface area contributed by atoms with Crippen LogP contribution < -0.4 is 15.4 Å². The molecule has 1 aromatic heterocycles. The van der Waals surface area contributed by atoms with E-state index in [1.165, 1.54) is 0 Å². The van der Waals surface area contributed by atoms with Gasteiger partial charge in [0.15, 0.2) is 5.82 Å². The van der Waals surface area contributed by atoms with Crippen molar-refractivity contribution in [3.63, 3.8) is 0 Å². The summed E-state index contributed by atoms with van der Waals surface area (Å²) < 4.78 is 5.34. The van der Waals surface area contributed by atoms with Crippen molar-refractivity contribution in [3.8, 4) is 5.75 Å². The minimum atomic E-state index is -0.0648. The summed E-state index contributed by atoms with van der Waals surface area (Å²) in [4.78, 5) is 4.40. The summed E-state index contributed by atoms with van der Waals surface area (Å²) in [6.07, 6.45) is 2.45. The summed E-state index contributed by atoms with van der Waals surface area (Å²) in [5, 5.41) is 14.4. The SMILES string of the molecule is COc1ccccc1CCNc1nncc(NC(C)(C)C)n1. The first kappa shape index (κ1) is 16.0. The van der Waals surface area contributed by atoms with E-state index >= 15 is 0 Å². The number of anilines is 2. The molecule has 1 aromatic carbocycles. The van der Waals surface area contributed by atoms with E-state index in [1.807, 2.05) is 18.2 Å². The van der Waals surface area contributed by atoms with Gasteiger partial charge in [0.05, 0.1) is 13.3 Å². The number of aromatic nitrogens is 3. The highest BCUT2D eigenvalue weighted by atomic mass is 16.5. The van der Waals surface area contributed by atoms with Crippen molar-refractivity contribution in [2.75, 3.05) is 24.3 Å². The molecule has 22 heavy (non-hydrogen) atoms. The molecule has 0 unspecified atom stereocenters. The number of rotatable bonds is 6. The van der Waals surface area contributed by atoms with E-state index in [2.05, 4.69) is 52.7 Å². The molecule has 2 aromatic rings. The van der Waals surface area contributed by atoms with Crippen LogP contribution in [0.3, 0.4) is 0 Å². The highest BCUT2D eigenvalue weighted by Gasteiger charge is 2.11. The molecule has 6 nitrogen and oxygen atoms in total. The first-order chi connectivity index (χ1) is 10.5. The van der Waals surface area contributed by atoms with E-state index in [9.17, 15) is 0 Å². The van der Waals surface area contributed by atoms with Crippen molar-refractivity contribution < 1.29 is 4.74 Å². The zero-order valence-electron chi connectivity index (χ0n) is 13.6. The topological polar surface area (TPSA) is 72.0 Å². The average Bonchev–Trinajstić information content (AvgIpc) is 2.46. The second-order valence-electron chi connectivity index (χ2n) is 6.03. The summed E-state index contributed by atoms with van der Waals surface area (Å²) in [7, 11) is 1.68. The van der Waals surface area contributed by atoms with E-state index in [1.54, 1.807) is 13.3 Å².